The summed E-state index contributed by atoms with van der Waals surface area (Å²) in [5.74, 6) is 0. The quantitative estimate of drug-likeness (QED) is 0.627. The van der Waals surface area contributed by atoms with Gasteiger partial charge in [-0.05, 0) is 34.9 Å². The average Bonchev–Trinajstić information content (AvgIpc) is 2.16. The first-order chi connectivity index (χ1) is 5.81. The maximum absolute atomic E-state index is 3.71. The minimum atomic E-state index is 0.982. The summed E-state index contributed by atoms with van der Waals surface area (Å²) in [5.41, 5.74) is 3.08. The molecular weight excluding hydrogens is 144 g/mol. The van der Waals surface area contributed by atoms with Gasteiger partial charge in [0.05, 0.1) is 0 Å². The first-order valence-electron chi connectivity index (χ1n) is 3.75. The van der Waals surface area contributed by atoms with Gasteiger partial charge in [-0.1, -0.05) is 38.0 Å². The Hall–Kier alpha value is -1.56. The second-order valence-corrected chi connectivity index (χ2v) is 2.41. The van der Waals surface area contributed by atoms with Crippen LogP contribution in [0, 0.1) is 6.07 Å². The Morgan fingerprint density at radius 3 is 2.33 bits per heavy atom. The second kappa shape index (κ2) is 3.72. The molecule has 0 aliphatic rings. The molecule has 0 spiro atoms. The first-order valence-corrected chi connectivity index (χ1v) is 3.75. The van der Waals surface area contributed by atoms with E-state index < -0.39 is 0 Å². The minimum Gasteiger partial charge on any atom is -0.0985 e. The summed E-state index contributed by atoms with van der Waals surface area (Å²) in [4.78, 5) is 0. The lowest BCUT2D eigenvalue weighted by Crippen LogP contribution is -1.81. The van der Waals surface area contributed by atoms with E-state index in [0.717, 1.165) is 16.7 Å². The van der Waals surface area contributed by atoms with Crippen LogP contribution in [0.2, 0.25) is 0 Å². The second-order valence-electron chi connectivity index (χ2n) is 2.41. The number of hydrogen-bond acceptors (Lipinski definition) is 0. The van der Waals surface area contributed by atoms with Crippen molar-refractivity contribution in [3.8, 4) is 0 Å². The molecular formula is C12H11. The number of hydrogen-bond donors (Lipinski definition) is 0. The average molecular weight is 155 g/mol. The van der Waals surface area contributed by atoms with E-state index in [1.165, 1.54) is 0 Å². The number of rotatable bonds is 3. The van der Waals surface area contributed by atoms with E-state index >= 15 is 0 Å². The molecule has 0 bridgehead atoms. The molecule has 0 heterocycles. The molecule has 0 saturated heterocycles. The van der Waals surface area contributed by atoms with Gasteiger partial charge in [0.2, 0.25) is 0 Å². The Morgan fingerprint density at radius 1 is 1.08 bits per heavy atom. The summed E-state index contributed by atoms with van der Waals surface area (Å²) >= 11 is 0. The standard InChI is InChI=1S/C12H11/c1-4-10-7-8-11(5-2)12(6-3)9-10/h4-7,9H,1-3H2. The Morgan fingerprint density at radius 2 is 1.83 bits per heavy atom. The van der Waals surface area contributed by atoms with Gasteiger partial charge in [0.25, 0.3) is 0 Å². The molecule has 0 atom stereocenters. The third-order valence-electron chi connectivity index (χ3n) is 1.69. The summed E-state index contributed by atoms with van der Waals surface area (Å²) in [7, 11) is 0. The number of benzene rings is 1. The highest BCUT2D eigenvalue weighted by atomic mass is 14.0. The van der Waals surface area contributed by atoms with E-state index in [1.807, 2.05) is 12.1 Å². The molecule has 0 unspecified atom stereocenters. The Bertz CT molecular complexity index is 319. The highest BCUT2D eigenvalue weighted by molar-refractivity contribution is 5.66. The van der Waals surface area contributed by atoms with Crippen molar-refractivity contribution in [2.45, 2.75) is 0 Å². The zero-order valence-electron chi connectivity index (χ0n) is 7.01. The fourth-order valence-electron chi connectivity index (χ4n) is 1.01. The monoisotopic (exact) mass is 155 g/mol. The lowest BCUT2D eigenvalue weighted by molar-refractivity contribution is 1.57. The van der Waals surface area contributed by atoms with Crippen molar-refractivity contribution in [2.75, 3.05) is 0 Å². The van der Waals surface area contributed by atoms with E-state index in [4.69, 9.17) is 0 Å². The molecule has 1 rings (SSSR count). The summed E-state index contributed by atoms with van der Waals surface area (Å²) in [6.07, 6.45) is 5.35. The van der Waals surface area contributed by atoms with Gasteiger partial charge < -0.3 is 0 Å². The summed E-state index contributed by atoms with van der Waals surface area (Å²) in [6.45, 7) is 11.1. The highest BCUT2D eigenvalue weighted by Gasteiger charge is 1.95. The van der Waals surface area contributed by atoms with Crippen LogP contribution in [0.1, 0.15) is 16.7 Å². The topological polar surface area (TPSA) is 0 Å². The Kier molecular flexibility index (Phi) is 2.65. The summed E-state index contributed by atoms with van der Waals surface area (Å²) < 4.78 is 0. The lowest BCUT2D eigenvalue weighted by atomic mass is 10.0. The smallest absolute Gasteiger partial charge is 0.00932 e. The largest absolute Gasteiger partial charge is 0.0985 e. The fraction of sp³-hybridized carbons (Fsp3) is 0. The Balaban J connectivity index is 3.27. The van der Waals surface area contributed by atoms with Gasteiger partial charge in [0.15, 0.2) is 0 Å². The third-order valence-corrected chi connectivity index (χ3v) is 1.69. The van der Waals surface area contributed by atoms with Crippen molar-refractivity contribution in [2.24, 2.45) is 0 Å². The van der Waals surface area contributed by atoms with Crippen LogP contribution in [0.25, 0.3) is 18.2 Å². The molecule has 0 aliphatic heterocycles. The van der Waals surface area contributed by atoms with Crippen molar-refractivity contribution in [1.29, 1.82) is 0 Å². The zero-order valence-corrected chi connectivity index (χ0v) is 7.01. The molecule has 0 aliphatic carbocycles. The van der Waals surface area contributed by atoms with Gasteiger partial charge >= 0.3 is 0 Å². The van der Waals surface area contributed by atoms with Crippen LogP contribution < -0.4 is 0 Å². The zero-order chi connectivity index (χ0) is 8.97. The van der Waals surface area contributed by atoms with Crippen molar-refractivity contribution >= 4 is 18.2 Å². The minimum absolute atomic E-state index is 0.982. The molecule has 1 aromatic carbocycles. The molecule has 0 nitrogen and oxygen atoms in total. The van der Waals surface area contributed by atoms with Crippen molar-refractivity contribution < 1.29 is 0 Å². The van der Waals surface area contributed by atoms with E-state index in [2.05, 4.69) is 25.8 Å². The van der Waals surface area contributed by atoms with E-state index in [9.17, 15) is 0 Å². The van der Waals surface area contributed by atoms with Crippen LogP contribution in [0.5, 0.6) is 0 Å². The predicted molar refractivity (Wildman–Crippen MR) is 55.6 cm³/mol. The molecule has 0 N–H and O–H groups in total. The Labute approximate surface area is 73.6 Å². The highest BCUT2D eigenvalue weighted by Crippen LogP contribution is 2.14. The van der Waals surface area contributed by atoms with Crippen molar-refractivity contribution in [1.82, 2.24) is 0 Å². The fourth-order valence-corrected chi connectivity index (χ4v) is 1.01. The van der Waals surface area contributed by atoms with E-state index in [0.29, 0.717) is 0 Å². The molecule has 0 saturated carbocycles. The SMILES string of the molecule is C=Cc1c[c]c(C=C)c(C=C)c1. The maximum atomic E-state index is 3.71. The summed E-state index contributed by atoms with van der Waals surface area (Å²) in [5, 5.41) is 0. The van der Waals surface area contributed by atoms with Crippen molar-refractivity contribution in [3.63, 3.8) is 0 Å². The van der Waals surface area contributed by atoms with Gasteiger partial charge in [-0.25, -0.2) is 0 Å². The van der Waals surface area contributed by atoms with Crippen LogP contribution in [-0.2, 0) is 0 Å². The molecule has 59 valence electrons. The molecule has 12 heavy (non-hydrogen) atoms. The maximum Gasteiger partial charge on any atom is -0.00932 e. The third kappa shape index (κ3) is 1.54. The van der Waals surface area contributed by atoms with E-state index in [-0.39, 0.29) is 0 Å². The van der Waals surface area contributed by atoms with Crippen LogP contribution in [0.3, 0.4) is 0 Å². The first kappa shape index (κ1) is 8.54. The van der Waals surface area contributed by atoms with Crippen LogP contribution in [0.4, 0.5) is 0 Å². The van der Waals surface area contributed by atoms with Crippen LogP contribution in [-0.4, -0.2) is 0 Å². The van der Waals surface area contributed by atoms with Gasteiger partial charge in [-0.3, -0.25) is 0 Å². The van der Waals surface area contributed by atoms with Gasteiger partial charge in [0, 0.05) is 0 Å². The molecule has 0 aromatic heterocycles. The lowest BCUT2D eigenvalue weighted by Gasteiger charge is -2.00. The van der Waals surface area contributed by atoms with Crippen LogP contribution in [0.15, 0.2) is 31.9 Å². The molecule has 0 amide bonds. The van der Waals surface area contributed by atoms with E-state index in [1.54, 1.807) is 18.2 Å². The molecule has 1 radical (unpaired) electrons. The van der Waals surface area contributed by atoms with Crippen LogP contribution >= 0.6 is 0 Å². The van der Waals surface area contributed by atoms with Crippen molar-refractivity contribution in [3.05, 3.63) is 54.6 Å². The predicted octanol–water partition coefficient (Wildman–Crippen LogP) is 3.42. The van der Waals surface area contributed by atoms with Gasteiger partial charge in [-0.2, -0.15) is 0 Å². The molecule has 0 fully saturated rings. The summed E-state index contributed by atoms with van der Waals surface area (Å²) in [6, 6.07) is 6.99. The molecule has 0 heteroatoms. The van der Waals surface area contributed by atoms with Gasteiger partial charge in [-0.15, -0.1) is 0 Å². The molecule has 1 aromatic rings. The normalized spacial score (nSPS) is 9.00. The van der Waals surface area contributed by atoms with Gasteiger partial charge in [0.1, 0.15) is 0 Å².